The number of aromatic nitrogens is 1. The van der Waals surface area contributed by atoms with E-state index in [1.54, 1.807) is 7.05 Å². The Labute approximate surface area is 447 Å². The van der Waals surface area contributed by atoms with Gasteiger partial charge >= 0.3 is 5.97 Å². The fourth-order valence-corrected chi connectivity index (χ4v) is 10.1. The molecule has 16 heteroatoms. The van der Waals surface area contributed by atoms with Crippen LogP contribution in [-0.2, 0) is 51.3 Å². The van der Waals surface area contributed by atoms with E-state index in [0.29, 0.717) is 6.54 Å². The van der Waals surface area contributed by atoms with Crippen molar-refractivity contribution in [3.05, 3.63) is 71.9 Å². The molecule has 16 nitrogen and oxygen atoms in total. The second-order valence-corrected chi connectivity index (χ2v) is 22.1. The van der Waals surface area contributed by atoms with Crippen LogP contribution >= 0.6 is 0 Å². The summed E-state index contributed by atoms with van der Waals surface area (Å²) in [6.07, 6.45) is 6.18. The van der Waals surface area contributed by atoms with E-state index in [2.05, 4.69) is 34.4 Å². The first-order chi connectivity index (χ1) is 35.6. The van der Waals surface area contributed by atoms with Crippen molar-refractivity contribution in [1.29, 1.82) is 5.26 Å². The van der Waals surface area contributed by atoms with E-state index in [4.69, 9.17) is 4.74 Å². The minimum atomic E-state index is -1.50. The molecule has 1 aliphatic rings. The van der Waals surface area contributed by atoms with Crippen LogP contribution in [0.4, 0.5) is 0 Å². The van der Waals surface area contributed by atoms with Gasteiger partial charge < -0.3 is 40.0 Å². The zero-order valence-corrected chi connectivity index (χ0v) is 47.0. The Morgan fingerprint density at radius 1 is 0.627 bits per heavy atom. The van der Waals surface area contributed by atoms with Gasteiger partial charge in [-0.15, -0.1) is 0 Å². The third-order valence-electron chi connectivity index (χ3n) is 14.7. The van der Waals surface area contributed by atoms with E-state index in [1.807, 2.05) is 108 Å². The van der Waals surface area contributed by atoms with Crippen LogP contribution in [0.25, 0.3) is 10.9 Å². The van der Waals surface area contributed by atoms with Crippen LogP contribution in [0.5, 0.6) is 0 Å². The lowest BCUT2D eigenvalue weighted by molar-refractivity contribution is -0.163. The number of nitriles is 1. The zero-order chi connectivity index (χ0) is 55.5. The van der Waals surface area contributed by atoms with Gasteiger partial charge in [-0.05, 0) is 73.5 Å². The van der Waals surface area contributed by atoms with E-state index >= 15 is 9.59 Å². The lowest BCUT2D eigenvalue weighted by Crippen LogP contribution is -2.60. The van der Waals surface area contributed by atoms with E-state index in [-0.39, 0.29) is 68.6 Å². The van der Waals surface area contributed by atoms with Crippen LogP contribution < -0.4 is 16.0 Å². The molecule has 0 saturated carbocycles. The Bertz CT molecular complexity index is 2410. The molecule has 6 amide bonds. The first kappa shape index (κ1) is 61.3. The maximum absolute atomic E-state index is 15.3. The maximum Gasteiger partial charge on any atom is 0.329 e. The highest BCUT2D eigenvalue weighted by atomic mass is 16.5. The molecule has 0 unspecified atom stereocenters. The summed E-state index contributed by atoms with van der Waals surface area (Å²) in [6, 6.07) is 12.9. The van der Waals surface area contributed by atoms with Crippen LogP contribution in [-0.4, -0.2) is 124 Å². The van der Waals surface area contributed by atoms with Gasteiger partial charge in [-0.2, -0.15) is 5.26 Å². The van der Waals surface area contributed by atoms with E-state index < -0.39 is 83.8 Å². The molecule has 0 bridgehead atoms. The SMILES string of the molecule is CCCC[C@@H](C)C[C@@H]1NC(=O)[C@H](Cc2cn(Cc3ccccc3)c3ccccc23)N(C)C(=O)[C@H](CC(C)C)NC(=O)[C@H](CC(C)C)N(C)C(=O)[C@H](C[C@H](C)CCCC)NC(=O)[C@@H](CCC#N)OC(=O)[C@H](C)N(C)C1=O. The summed E-state index contributed by atoms with van der Waals surface area (Å²) in [7, 11) is 4.50. The molecule has 75 heavy (non-hydrogen) atoms. The fourth-order valence-electron chi connectivity index (χ4n) is 10.1. The number of carbonyl (C=O) groups excluding carboxylic acids is 7. The zero-order valence-electron chi connectivity index (χ0n) is 47.0. The number of ether oxygens (including phenoxy) is 1. The van der Waals surface area contributed by atoms with E-state index in [9.17, 15) is 29.2 Å². The molecule has 9 atom stereocenters. The molecule has 2 aromatic carbocycles. The van der Waals surface area contributed by atoms with Crippen LogP contribution in [0.2, 0.25) is 0 Å². The number of amides is 6. The smallest absolute Gasteiger partial charge is 0.329 e. The minimum absolute atomic E-state index is 0.0369. The molecule has 4 rings (SSSR count). The highest BCUT2D eigenvalue weighted by Gasteiger charge is 2.41. The van der Waals surface area contributed by atoms with Gasteiger partial charge in [0.2, 0.25) is 29.5 Å². The molecule has 3 aromatic rings. The first-order valence-corrected chi connectivity index (χ1v) is 27.5. The Balaban J connectivity index is 1.95. The number of hydrogen-bond acceptors (Lipinski definition) is 9. The molecule has 2 heterocycles. The molecule has 3 N–H and O–H groups in total. The number of cyclic esters (lactones) is 1. The number of unbranched alkanes of at least 4 members (excludes halogenated alkanes) is 2. The summed E-state index contributed by atoms with van der Waals surface area (Å²) >= 11 is 0. The standard InChI is InChI=1S/C59H88N8O8/c1-13-15-23-40(7)33-47-56(71)64(10)42(9)59(74)75-52(29-22-30-60)55(70)63-48(34-41(8)24-16-14-2)58(73)65(11)50(32-39(5)6)53(68)61-46(31-38(3)4)57(72)66(12)51(54(69)62-47)35-44-37-67(36-43-25-18-17-19-26-43)49-28-21-20-27-45(44)49/h17-21,25-28,37-42,46-48,50-52H,13-16,22-24,29,31-36H2,1-12H3,(H,61,68)(H,62,69)(H,63,70)/t40-,41-,42+,46+,47+,48+,50+,51+,52-/m1/s1. The van der Waals surface area contributed by atoms with E-state index in [0.717, 1.165) is 60.6 Å². The largest absolute Gasteiger partial charge is 0.451 e. The van der Waals surface area contributed by atoms with Gasteiger partial charge in [0.15, 0.2) is 6.10 Å². The van der Waals surface area contributed by atoms with Gasteiger partial charge in [-0.1, -0.05) is 142 Å². The van der Waals surface area contributed by atoms with Crippen molar-refractivity contribution >= 4 is 52.3 Å². The molecule has 1 aromatic heterocycles. The average Bonchev–Trinajstić information content (AvgIpc) is 3.72. The molecule has 0 aliphatic carbocycles. The van der Waals surface area contributed by atoms with Crippen molar-refractivity contribution in [1.82, 2.24) is 35.2 Å². The lowest BCUT2D eigenvalue weighted by atomic mass is 9.94. The lowest BCUT2D eigenvalue weighted by Gasteiger charge is -2.35. The number of hydrogen-bond donors (Lipinski definition) is 3. The number of benzene rings is 2. The molecular weight excluding hydrogens is 949 g/mol. The number of carbonyl (C=O) groups is 7. The van der Waals surface area contributed by atoms with E-state index in [1.165, 1.54) is 35.7 Å². The van der Waals surface area contributed by atoms with Crippen molar-refractivity contribution in [2.24, 2.45) is 23.7 Å². The van der Waals surface area contributed by atoms with Crippen LogP contribution in [0.1, 0.15) is 150 Å². The normalized spacial score (nSPS) is 23.1. The predicted octanol–water partition coefficient (Wildman–Crippen LogP) is 7.94. The van der Waals surface area contributed by atoms with Crippen LogP contribution in [0.15, 0.2) is 60.8 Å². The average molecular weight is 1040 g/mol. The van der Waals surface area contributed by atoms with Gasteiger partial charge in [-0.3, -0.25) is 28.8 Å². The van der Waals surface area contributed by atoms with Crippen molar-refractivity contribution in [3.8, 4) is 6.07 Å². The van der Waals surface area contributed by atoms with Crippen molar-refractivity contribution in [3.63, 3.8) is 0 Å². The second-order valence-electron chi connectivity index (χ2n) is 22.1. The van der Waals surface area contributed by atoms with Gasteiger partial charge in [0.1, 0.15) is 36.3 Å². The monoisotopic (exact) mass is 1040 g/mol. The number of likely N-dealkylation sites (N-methyl/N-ethyl adjacent to an activating group) is 3. The summed E-state index contributed by atoms with van der Waals surface area (Å²) < 4.78 is 7.98. The molecule has 0 spiro atoms. The van der Waals surface area contributed by atoms with Crippen LogP contribution in [0, 0.1) is 35.0 Å². The number of nitrogens with one attached hydrogen (secondary N) is 3. The topological polar surface area (TPSA) is 203 Å². The molecule has 1 saturated heterocycles. The highest BCUT2D eigenvalue weighted by Crippen LogP contribution is 2.27. The predicted molar refractivity (Wildman–Crippen MR) is 293 cm³/mol. The number of para-hydroxylation sites is 1. The molecule has 412 valence electrons. The van der Waals surface area contributed by atoms with Gasteiger partial charge in [0, 0.05) is 64.1 Å². The Morgan fingerprint density at radius 2 is 1.12 bits per heavy atom. The van der Waals surface area contributed by atoms with Crippen molar-refractivity contribution < 1.29 is 38.3 Å². The Hall–Kier alpha value is -6.24. The maximum atomic E-state index is 15.3. The second kappa shape index (κ2) is 29.7. The van der Waals surface area contributed by atoms with Crippen molar-refractivity contribution in [2.75, 3.05) is 21.1 Å². The minimum Gasteiger partial charge on any atom is -0.451 e. The number of nitrogens with zero attached hydrogens (tertiary/aromatic N) is 5. The summed E-state index contributed by atoms with van der Waals surface area (Å²) in [6.45, 7) is 17.9. The summed E-state index contributed by atoms with van der Waals surface area (Å²) in [5.74, 6) is -4.81. The van der Waals surface area contributed by atoms with Gasteiger partial charge in [0.05, 0.1) is 6.07 Å². The molecule has 1 aliphatic heterocycles. The first-order valence-electron chi connectivity index (χ1n) is 27.5. The quantitative estimate of drug-likeness (QED) is 0.0939. The number of rotatable bonds is 20. The van der Waals surface area contributed by atoms with Crippen LogP contribution in [0.3, 0.4) is 0 Å². The van der Waals surface area contributed by atoms with Gasteiger partial charge in [0.25, 0.3) is 5.91 Å². The summed E-state index contributed by atoms with van der Waals surface area (Å²) in [5, 5.41) is 19.4. The summed E-state index contributed by atoms with van der Waals surface area (Å²) in [5.41, 5.74) is 2.79. The van der Waals surface area contributed by atoms with Crippen molar-refractivity contribution in [2.45, 2.75) is 195 Å². The summed E-state index contributed by atoms with van der Waals surface area (Å²) in [4.78, 5) is 108. The third-order valence-corrected chi connectivity index (χ3v) is 14.7. The Kier molecular flexibility index (Phi) is 24.3. The highest BCUT2D eigenvalue weighted by molar-refractivity contribution is 5.98. The third kappa shape index (κ3) is 17.7. The molecular formula is C59H88N8O8. The molecule has 0 radical (unpaired) electrons. The molecule has 1 fully saturated rings. The number of esters is 1. The van der Waals surface area contributed by atoms with Gasteiger partial charge in [-0.25, -0.2) is 4.79 Å². The fraction of sp³-hybridized carbons (Fsp3) is 0.627. The number of fused-ring (bicyclic) bond motifs is 1. The Morgan fingerprint density at radius 3 is 1.67 bits per heavy atom.